The van der Waals surface area contributed by atoms with Gasteiger partial charge in [-0.1, -0.05) is 11.6 Å². The first-order valence-corrected chi connectivity index (χ1v) is 6.57. The number of aromatic nitrogens is 2. The lowest BCUT2D eigenvalue weighted by Crippen LogP contribution is -2.00. The van der Waals surface area contributed by atoms with Crippen LogP contribution >= 0.6 is 11.3 Å². The highest BCUT2D eigenvalue weighted by molar-refractivity contribution is 7.13. The summed E-state index contributed by atoms with van der Waals surface area (Å²) in [5.74, 6) is -0.948. The Morgan fingerprint density at radius 2 is 2.16 bits per heavy atom. The number of rotatable bonds is 2. The van der Waals surface area contributed by atoms with Gasteiger partial charge in [0.05, 0.1) is 11.1 Å². The van der Waals surface area contributed by atoms with Crippen molar-refractivity contribution < 1.29 is 9.90 Å². The molecular formula is C14H10N2O2S. The van der Waals surface area contributed by atoms with E-state index in [1.54, 1.807) is 12.3 Å². The smallest absolute Gasteiger partial charge is 0.336 e. The predicted molar refractivity (Wildman–Crippen MR) is 74.5 cm³/mol. The molecule has 0 aliphatic rings. The van der Waals surface area contributed by atoms with Gasteiger partial charge in [0, 0.05) is 17.0 Å². The van der Waals surface area contributed by atoms with Crippen LogP contribution in [-0.4, -0.2) is 21.0 Å². The Morgan fingerprint density at radius 1 is 1.32 bits per heavy atom. The maximum absolute atomic E-state index is 11.4. The summed E-state index contributed by atoms with van der Waals surface area (Å²) in [5.41, 5.74) is 2.55. The monoisotopic (exact) mass is 270 g/mol. The maximum atomic E-state index is 11.4. The number of thiazole rings is 1. The molecule has 94 valence electrons. The number of nitrogens with zero attached hydrogens (tertiary/aromatic N) is 2. The number of hydrogen-bond acceptors (Lipinski definition) is 4. The van der Waals surface area contributed by atoms with Gasteiger partial charge in [-0.15, -0.1) is 11.3 Å². The molecule has 3 rings (SSSR count). The standard InChI is InChI=1S/C14H10N2O2S/c1-8-2-3-11-9(6-8)10(14(17)18)7-12(16-11)13-15-4-5-19-13/h2-7H,1H3,(H,17,18). The van der Waals surface area contributed by atoms with Crippen molar-refractivity contribution in [3.05, 3.63) is 47.0 Å². The van der Waals surface area contributed by atoms with Crippen LogP contribution < -0.4 is 0 Å². The Bertz CT molecular complexity index is 766. The number of carboxylic acids is 1. The first-order chi connectivity index (χ1) is 9.15. The van der Waals surface area contributed by atoms with E-state index in [0.717, 1.165) is 10.6 Å². The Morgan fingerprint density at radius 3 is 2.84 bits per heavy atom. The van der Waals surface area contributed by atoms with Crippen LogP contribution in [0, 0.1) is 6.92 Å². The maximum Gasteiger partial charge on any atom is 0.336 e. The van der Waals surface area contributed by atoms with Gasteiger partial charge < -0.3 is 5.11 Å². The molecule has 2 aromatic heterocycles. The molecule has 1 N–H and O–H groups in total. The molecule has 0 aliphatic carbocycles. The van der Waals surface area contributed by atoms with E-state index in [2.05, 4.69) is 9.97 Å². The number of benzene rings is 1. The molecule has 0 aliphatic heterocycles. The SMILES string of the molecule is Cc1ccc2nc(-c3nccs3)cc(C(=O)O)c2c1. The second kappa shape index (κ2) is 4.44. The third-order valence-electron chi connectivity index (χ3n) is 2.85. The van der Waals surface area contributed by atoms with Crippen LogP contribution in [0.15, 0.2) is 35.8 Å². The Hall–Kier alpha value is -2.27. The normalized spacial score (nSPS) is 10.8. The van der Waals surface area contributed by atoms with E-state index < -0.39 is 5.97 Å². The molecule has 0 bridgehead atoms. The van der Waals surface area contributed by atoms with Crippen molar-refractivity contribution in [2.24, 2.45) is 0 Å². The molecule has 5 heteroatoms. The largest absolute Gasteiger partial charge is 0.478 e. The lowest BCUT2D eigenvalue weighted by atomic mass is 10.1. The number of carboxylic acid groups (broad SMARTS) is 1. The minimum atomic E-state index is -0.948. The van der Waals surface area contributed by atoms with E-state index in [0.29, 0.717) is 16.6 Å². The van der Waals surface area contributed by atoms with E-state index in [4.69, 9.17) is 0 Å². The summed E-state index contributed by atoms with van der Waals surface area (Å²) in [6.45, 7) is 1.93. The molecular weight excluding hydrogens is 260 g/mol. The zero-order chi connectivity index (χ0) is 13.4. The molecule has 0 fully saturated rings. The molecule has 0 atom stereocenters. The van der Waals surface area contributed by atoms with E-state index in [1.807, 2.05) is 30.5 Å². The summed E-state index contributed by atoms with van der Waals surface area (Å²) in [4.78, 5) is 20.1. The van der Waals surface area contributed by atoms with Crippen molar-refractivity contribution in [3.63, 3.8) is 0 Å². The Kier molecular flexibility index (Phi) is 2.76. The van der Waals surface area contributed by atoms with Crippen LogP contribution in [0.1, 0.15) is 15.9 Å². The average Bonchev–Trinajstić information content (AvgIpc) is 2.91. The summed E-state index contributed by atoms with van der Waals surface area (Å²) in [6, 6.07) is 7.20. The minimum Gasteiger partial charge on any atom is -0.478 e. The van der Waals surface area contributed by atoms with Gasteiger partial charge >= 0.3 is 5.97 Å². The summed E-state index contributed by atoms with van der Waals surface area (Å²) in [6.07, 6.45) is 1.68. The lowest BCUT2D eigenvalue weighted by molar-refractivity contribution is 0.0699. The summed E-state index contributed by atoms with van der Waals surface area (Å²) < 4.78 is 0. The van der Waals surface area contributed by atoms with Gasteiger partial charge in [-0.3, -0.25) is 0 Å². The average molecular weight is 270 g/mol. The fraction of sp³-hybridized carbons (Fsp3) is 0.0714. The van der Waals surface area contributed by atoms with Crippen molar-refractivity contribution in [3.8, 4) is 10.7 Å². The number of pyridine rings is 1. The van der Waals surface area contributed by atoms with Crippen LogP contribution in [0.3, 0.4) is 0 Å². The highest BCUT2D eigenvalue weighted by atomic mass is 32.1. The summed E-state index contributed by atoms with van der Waals surface area (Å²) in [7, 11) is 0. The van der Waals surface area contributed by atoms with Gasteiger partial charge in [-0.25, -0.2) is 14.8 Å². The first kappa shape index (κ1) is 11.8. The minimum absolute atomic E-state index is 0.263. The molecule has 0 saturated carbocycles. The molecule has 0 radical (unpaired) electrons. The topological polar surface area (TPSA) is 63.1 Å². The van der Waals surface area contributed by atoms with Crippen LogP contribution in [0.4, 0.5) is 0 Å². The van der Waals surface area contributed by atoms with E-state index in [9.17, 15) is 9.90 Å². The fourth-order valence-electron chi connectivity index (χ4n) is 1.98. The third kappa shape index (κ3) is 2.08. The van der Waals surface area contributed by atoms with Crippen molar-refractivity contribution in [2.45, 2.75) is 6.92 Å². The van der Waals surface area contributed by atoms with Crippen molar-refractivity contribution in [1.82, 2.24) is 9.97 Å². The van der Waals surface area contributed by atoms with E-state index in [-0.39, 0.29) is 5.56 Å². The van der Waals surface area contributed by atoms with Crippen molar-refractivity contribution in [2.75, 3.05) is 0 Å². The highest BCUT2D eigenvalue weighted by Crippen LogP contribution is 2.26. The van der Waals surface area contributed by atoms with Gasteiger partial charge in [0.25, 0.3) is 0 Å². The van der Waals surface area contributed by atoms with Crippen LogP contribution in [0.25, 0.3) is 21.6 Å². The number of hydrogen-bond donors (Lipinski definition) is 1. The number of aromatic carboxylic acids is 1. The van der Waals surface area contributed by atoms with Gasteiger partial charge in [0.2, 0.25) is 0 Å². The number of fused-ring (bicyclic) bond motifs is 1. The predicted octanol–water partition coefficient (Wildman–Crippen LogP) is 3.36. The van der Waals surface area contributed by atoms with E-state index in [1.165, 1.54) is 11.3 Å². The Balaban J connectivity index is 2.34. The number of aryl methyl sites for hydroxylation is 1. The Labute approximate surface area is 113 Å². The molecule has 0 spiro atoms. The molecule has 0 unspecified atom stereocenters. The zero-order valence-electron chi connectivity index (χ0n) is 10.1. The summed E-state index contributed by atoms with van der Waals surface area (Å²) >= 11 is 1.44. The van der Waals surface area contributed by atoms with Gasteiger partial charge in [0.15, 0.2) is 0 Å². The molecule has 4 nitrogen and oxygen atoms in total. The highest BCUT2D eigenvalue weighted by Gasteiger charge is 2.14. The van der Waals surface area contributed by atoms with Gasteiger partial charge in [0.1, 0.15) is 10.7 Å². The molecule has 1 aromatic carbocycles. The fourth-order valence-corrected chi connectivity index (χ4v) is 2.57. The second-order valence-corrected chi connectivity index (χ2v) is 5.11. The zero-order valence-corrected chi connectivity index (χ0v) is 10.9. The first-order valence-electron chi connectivity index (χ1n) is 5.70. The molecule has 0 saturated heterocycles. The van der Waals surface area contributed by atoms with Crippen LogP contribution in [0.5, 0.6) is 0 Å². The molecule has 19 heavy (non-hydrogen) atoms. The van der Waals surface area contributed by atoms with Crippen LogP contribution in [0.2, 0.25) is 0 Å². The molecule has 0 amide bonds. The lowest BCUT2D eigenvalue weighted by Gasteiger charge is -2.06. The third-order valence-corrected chi connectivity index (χ3v) is 3.64. The van der Waals surface area contributed by atoms with Gasteiger partial charge in [-0.05, 0) is 25.1 Å². The quantitative estimate of drug-likeness (QED) is 0.775. The number of carbonyl (C=O) groups is 1. The van der Waals surface area contributed by atoms with E-state index >= 15 is 0 Å². The molecule has 2 heterocycles. The van der Waals surface area contributed by atoms with Crippen LogP contribution in [-0.2, 0) is 0 Å². The molecule has 3 aromatic rings. The van der Waals surface area contributed by atoms with Crippen molar-refractivity contribution in [1.29, 1.82) is 0 Å². The summed E-state index contributed by atoms with van der Waals surface area (Å²) in [5, 5.41) is 12.6. The van der Waals surface area contributed by atoms with Crippen molar-refractivity contribution >= 4 is 28.2 Å². The second-order valence-electron chi connectivity index (χ2n) is 4.22. The van der Waals surface area contributed by atoms with Gasteiger partial charge in [-0.2, -0.15) is 0 Å².